The SMILES string of the molecule is C=CC(=O)N1CCN(c2c(OC)cnc3cc(-c4c(C)ccc(NC)c4N(C)C=O)c(Cl)cc23)CC1. The van der Waals surface area contributed by atoms with E-state index in [1.54, 1.807) is 30.2 Å². The van der Waals surface area contributed by atoms with E-state index in [0.29, 0.717) is 37.0 Å². The van der Waals surface area contributed by atoms with Gasteiger partial charge in [-0.15, -0.1) is 0 Å². The fourth-order valence-corrected chi connectivity index (χ4v) is 5.04. The van der Waals surface area contributed by atoms with Crippen molar-refractivity contribution in [1.29, 1.82) is 0 Å². The number of amides is 2. The van der Waals surface area contributed by atoms with Gasteiger partial charge in [-0.3, -0.25) is 14.6 Å². The lowest BCUT2D eigenvalue weighted by Gasteiger charge is -2.36. The second-order valence-electron chi connectivity index (χ2n) is 8.66. The predicted octanol–water partition coefficient (Wildman–Crippen LogP) is 4.34. The maximum Gasteiger partial charge on any atom is 0.246 e. The first-order valence-corrected chi connectivity index (χ1v) is 12.0. The van der Waals surface area contributed by atoms with Crippen molar-refractivity contribution in [3.8, 4) is 16.9 Å². The van der Waals surface area contributed by atoms with Crippen LogP contribution in [0.3, 0.4) is 0 Å². The summed E-state index contributed by atoms with van der Waals surface area (Å²) in [4.78, 5) is 34.0. The predicted molar refractivity (Wildman–Crippen MR) is 146 cm³/mol. The number of nitrogens with one attached hydrogen (secondary N) is 1. The minimum atomic E-state index is -0.0656. The Labute approximate surface area is 216 Å². The Morgan fingerprint density at radius 1 is 1.25 bits per heavy atom. The fraction of sp³-hybridized carbons (Fsp3) is 0.296. The zero-order valence-electron chi connectivity index (χ0n) is 21.0. The fourth-order valence-electron chi connectivity index (χ4n) is 4.78. The zero-order valence-corrected chi connectivity index (χ0v) is 21.7. The van der Waals surface area contributed by atoms with E-state index in [4.69, 9.17) is 16.3 Å². The number of halogens is 1. The number of pyridine rings is 1. The number of aryl methyl sites for hydroxylation is 1. The van der Waals surface area contributed by atoms with Crippen LogP contribution < -0.4 is 19.9 Å². The second-order valence-corrected chi connectivity index (χ2v) is 9.07. The average molecular weight is 508 g/mol. The zero-order chi connectivity index (χ0) is 26.0. The number of rotatable bonds is 7. The van der Waals surface area contributed by atoms with Crippen LogP contribution in [0, 0.1) is 6.92 Å². The summed E-state index contributed by atoms with van der Waals surface area (Å²) >= 11 is 6.94. The molecule has 2 heterocycles. The maximum atomic E-state index is 12.0. The van der Waals surface area contributed by atoms with E-state index >= 15 is 0 Å². The van der Waals surface area contributed by atoms with Gasteiger partial charge in [0.2, 0.25) is 12.3 Å². The van der Waals surface area contributed by atoms with Crippen LogP contribution in [0.25, 0.3) is 22.0 Å². The van der Waals surface area contributed by atoms with E-state index in [9.17, 15) is 9.59 Å². The summed E-state index contributed by atoms with van der Waals surface area (Å²) in [7, 11) is 5.16. The van der Waals surface area contributed by atoms with Crippen molar-refractivity contribution in [2.24, 2.45) is 0 Å². The lowest BCUT2D eigenvalue weighted by atomic mass is 9.95. The first-order chi connectivity index (χ1) is 17.3. The van der Waals surface area contributed by atoms with Crippen LogP contribution in [-0.2, 0) is 9.59 Å². The van der Waals surface area contributed by atoms with Gasteiger partial charge in [-0.2, -0.15) is 0 Å². The summed E-state index contributed by atoms with van der Waals surface area (Å²) < 4.78 is 5.67. The molecule has 1 N–H and O–H groups in total. The third-order valence-electron chi connectivity index (χ3n) is 6.63. The summed E-state index contributed by atoms with van der Waals surface area (Å²) in [6, 6.07) is 7.82. The average Bonchev–Trinajstić information content (AvgIpc) is 2.91. The molecule has 0 radical (unpaired) electrons. The van der Waals surface area contributed by atoms with Gasteiger partial charge < -0.3 is 24.8 Å². The highest BCUT2D eigenvalue weighted by Crippen LogP contribution is 2.45. The Hall–Kier alpha value is -3.78. The number of anilines is 3. The standard InChI is InChI=1S/C27H30ClN5O3/c1-6-24(35)32-9-11-33(12-10-32)26-19-13-20(28)18(14-22(19)30-15-23(26)36-5)25-17(2)7-8-21(29-3)27(25)31(4)16-34/h6-8,13-16,29H,1,9-12H2,2-5H3. The molecule has 4 rings (SSSR count). The Morgan fingerprint density at radius 3 is 2.58 bits per heavy atom. The van der Waals surface area contributed by atoms with Gasteiger partial charge in [-0.1, -0.05) is 24.2 Å². The van der Waals surface area contributed by atoms with Gasteiger partial charge in [0, 0.05) is 61.8 Å². The molecule has 0 unspecified atom stereocenters. The number of benzene rings is 2. The molecule has 0 saturated carbocycles. The molecular weight excluding hydrogens is 478 g/mol. The number of nitrogens with zero attached hydrogens (tertiary/aromatic N) is 4. The van der Waals surface area contributed by atoms with Crippen LogP contribution >= 0.6 is 11.6 Å². The summed E-state index contributed by atoms with van der Waals surface area (Å²) in [5, 5.41) is 4.57. The topological polar surface area (TPSA) is 78.0 Å². The highest BCUT2D eigenvalue weighted by Gasteiger charge is 2.25. The van der Waals surface area contributed by atoms with Crippen LogP contribution in [0.4, 0.5) is 17.1 Å². The van der Waals surface area contributed by atoms with Crippen molar-refractivity contribution in [3.63, 3.8) is 0 Å². The smallest absolute Gasteiger partial charge is 0.246 e. The number of hydrogen-bond donors (Lipinski definition) is 1. The molecule has 0 atom stereocenters. The highest BCUT2D eigenvalue weighted by molar-refractivity contribution is 6.35. The van der Waals surface area contributed by atoms with E-state index in [-0.39, 0.29) is 5.91 Å². The lowest BCUT2D eigenvalue weighted by Crippen LogP contribution is -2.48. The van der Waals surface area contributed by atoms with Crippen molar-refractivity contribution < 1.29 is 14.3 Å². The third kappa shape index (κ3) is 4.44. The second kappa shape index (κ2) is 10.5. The van der Waals surface area contributed by atoms with Crippen molar-refractivity contribution in [2.45, 2.75) is 6.92 Å². The lowest BCUT2D eigenvalue weighted by molar-refractivity contribution is -0.126. The van der Waals surface area contributed by atoms with Crippen LogP contribution in [-0.4, -0.2) is 69.6 Å². The molecule has 3 aromatic rings. The van der Waals surface area contributed by atoms with Crippen LogP contribution in [0.5, 0.6) is 5.75 Å². The molecule has 0 spiro atoms. The maximum absolute atomic E-state index is 12.0. The molecule has 1 aromatic heterocycles. The Morgan fingerprint density at radius 2 is 1.97 bits per heavy atom. The van der Waals surface area contributed by atoms with Gasteiger partial charge in [0.1, 0.15) is 0 Å². The first-order valence-electron chi connectivity index (χ1n) is 11.7. The molecular formula is C27H30ClN5O3. The van der Waals surface area contributed by atoms with Crippen molar-refractivity contribution in [3.05, 3.63) is 53.7 Å². The normalized spacial score (nSPS) is 13.5. The molecule has 1 saturated heterocycles. The summed E-state index contributed by atoms with van der Waals surface area (Å²) in [6.45, 7) is 8.04. The number of fused-ring (bicyclic) bond motifs is 1. The molecule has 8 nitrogen and oxygen atoms in total. The number of ether oxygens (including phenoxy) is 1. The van der Waals surface area contributed by atoms with E-state index in [0.717, 1.165) is 51.1 Å². The van der Waals surface area contributed by atoms with Crippen molar-refractivity contribution in [1.82, 2.24) is 9.88 Å². The highest BCUT2D eigenvalue weighted by atomic mass is 35.5. The van der Waals surface area contributed by atoms with E-state index in [1.165, 1.54) is 6.08 Å². The molecule has 1 aliphatic heterocycles. The minimum Gasteiger partial charge on any atom is -0.493 e. The van der Waals surface area contributed by atoms with Gasteiger partial charge in [0.25, 0.3) is 0 Å². The van der Waals surface area contributed by atoms with Crippen LogP contribution in [0.2, 0.25) is 5.02 Å². The Balaban J connectivity index is 1.87. The number of carbonyl (C=O) groups excluding carboxylic acids is 2. The van der Waals surface area contributed by atoms with Crippen LogP contribution in [0.15, 0.2) is 43.1 Å². The molecule has 0 aliphatic carbocycles. The molecule has 2 amide bonds. The summed E-state index contributed by atoms with van der Waals surface area (Å²) in [5.74, 6) is 0.578. The van der Waals surface area contributed by atoms with Crippen LogP contribution in [0.1, 0.15) is 5.56 Å². The number of methoxy groups -OCH3 is 1. The van der Waals surface area contributed by atoms with E-state index < -0.39 is 0 Å². The van der Waals surface area contributed by atoms with Gasteiger partial charge in [0.05, 0.1) is 35.9 Å². The molecule has 36 heavy (non-hydrogen) atoms. The van der Waals surface area contributed by atoms with Gasteiger partial charge in [-0.05, 0) is 36.8 Å². The minimum absolute atomic E-state index is 0.0656. The molecule has 2 aromatic carbocycles. The van der Waals surface area contributed by atoms with Crippen molar-refractivity contribution in [2.75, 3.05) is 62.5 Å². The summed E-state index contributed by atoms with van der Waals surface area (Å²) in [5.41, 5.74) is 5.83. The molecule has 1 fully saturated rings. The van der Waals surface area contributed by atoms with Gasteiger partial charge >= 0.3 is 0 Å². The Kier molecular flexibility index (Phi) is 7.35. The number of carbonyl (C=O) groups is 2. The van der Waals surface area contributed by atoms with Gasteiger partial charge in [0.15, 0.2) is 5.75 Å². The quantitative estimate of drug-likeness (QED) is 0.378. The largest absolute Gasteiger partial charge is 0.493 e. The van der Waals surface area contributed by atoms with E-state index in [2.05, 4.69) is 21.8 Å². The van der Waals surface area contributed by atoms with Gasteiger partial charge in [-0.25, -0.2) is 0 Å². The number of piperazine rings is 1. The van der Waals surface area contributed by atoms with Crippen molar-refractivity contribution >= 4 is 51.9 Å². The molecule has 9 heteroatoms. The molecule has 0 bridgehead atoms. The third-order valence-corrected chi connectivity index (χ3v) is 6.95. The Bertz CT molecular complexity index is 1330. The monoisotopic (exact) mass is 507 g/mol. The first kappa shape index (κ1) is 25.3. The molecule has 1 aliphatic rings. The number of aromatic nitrogens is 1. The van der Waals surface area contributed by atoms with E-state index in [1.807, 2.05) is 38.2 Å². The number of hydrogen-bond acceptors (Lipinski definition) is 6. The molecule has 188 valence electrons. The summed E-state index contributed by atoms with van der Waals surface area (Å²) in [6.07, 6.45) is 3.85.